The van der Waals surface area contributed by atoms with Gasteiger partial charge in [-0.15, -0.1) is 0 Å². The number of likely N-dealkylation sites (tertiary alicyclic amines) is 1. The topological polar surface area (TPSA) is 140 Å². The molecule has 1 fully saturated rings. The predicted molar refractivity (Wildman–Crippen MR) is 140 cm³/mol. The maximum absolute atomic E-state index is 13.1. The Morgan fingerprint density at radius 3 is 2.53 bits per heavy atom. The summed E-state index contributed by atoms with van der Waals surface area (Å²) in [5.74, 6) is 0.227. The van der Waals surface area contributed by atoms with Crippen LogP contribution in [-0.2, 0) is 14.8 Å². The molecule has 4 aromatic rings. The number of benzene rings is 2. The number of sulfonamides is 1. The molecule has 0 atom stereocenters. The van der Waals surface area contributed by atoms with E-state index in [9.17, 15) is 18.0 Å². The summed E-state index contributed by atoms with van der Waals surface area (Å²) in [6.45, 7) is 0.417. The van der Waals surface area contributed by atoms with E-state index in [0.717, 1.165) is 0 Å². The largest absolute Gasteiger partial charge is 0.496 e. The quantitative estimate of drug-likeness (QED) is 0.368. The number of carbonyl (C=O) groups is 2. The molecule has 0 spiro atoms. The van der Waals surface area contributed by atoms with Gasteiger partial charge in [0, 0.05) is 23.8 Å². The smallest absolute Gasteiger partial charge is 0.413 e. The second-order valence-electron chi connectivity index (χ2n) is 8.43. The highest BCUT2D eigenvalue weighted by Crippen LogP contribution is 2.29. The van der Waals surface area contributed by atoms with Crippen molar-refractivity contribution < 1.29 is 27.5 Å². The number of nitrogens with zero attached hydrogens (tertiary/aromatic N) is 3. The molecule has 0 saturated carbocycles. The van der Waals surface area contributed by atoms with Gasteiger partial charge < -0.3 is 14.4 Å². The lowest BCUT2D eigenvalue weighted by Gasteiger charge is -2.38. The molecule has 2 N–H and O–H groups in total. The van der Waals surface area contributed by atoms with Crippen molar-refractivity contribution in [2.75, 3.05) is 30.2 Å². The zero-order valence-corrected chi connectivity index (χ0v) is 21.0. The molecule has 194 valence electrons. The van der Waals surface area contributed by atoms with Crippen LogP contribution in [0.5, 0.6) is 5.75 Å². The van der Waals surface area contributed by atoms with Crippen molar-refractivity contribution in [2.45, 2.75) is 11.0 Å². The van der Waals surface area contributed by atoms with Crippen LogP contribution in [0.2, 0.25) is 0 Å². The summed E-state index contributed by atoms with van der Waals surface area (Å²) < 4.78 is 39.5. The Morgan fingerprint density at radius 2 is 1.76 bits per heavy atom. The van der Waals surface area contributed by atoms with Crippen LogP contribution in [0, 0.1) is 0 Å². The molecule has 3 heterocycles. The zero-order valence-electron chi connectivity index (χ0n) is 20.2. The van der Waals surface area contributed by atoms with Gasteiger partial charge in [0.1, 0.15) is 22.6 Å². The van der Waals surface area contributed by atoms with Crippen LogP contribution in [0.3, 0.4) is 0 Å². The summed E-state index contributed by atoms with van der Waals surface area (Å²) in [7, 11) is -2.58. The molecule has 5 rings (SSSR count). The number of pyridine rings is 2. The number of para-hydroxylation sites is 1. The van der Waals surface area contributed by atoms with E-state index in [2.05, 4.69) is 20.0 Å². The third-order valence-electron chi connectivity index (χ3n) is 5.87. The first-order valence-electron chi connectivity index (χ1n) is 11.6. The van der Waals surface area contributed by atoms with Crippen molar-refractivity contribution in [2.24, 2.45) is 0 Å². The normalized spacial score (nSPS) is 13.4. The molecular weight excluding hydrogens is 510 g/mol. The van der Waals surface area contributed by atoms with Crippen LogP contribution in [0.15, 0.2) is 84.0 Å². The second-order valence-corrected chi connectivity index (χ2v) is 10.1. The Hall–Kier alpha value is -4.71. The van der Waals surface area contributed by atoms with Gasteiger partial charge in [-0.05, 0) is 36.4 Å². The maximum Gasteiger partial charge on any atom is 0.413 e. The van der Waals surface area contributed by atoms with E-state index >= 15 is 0 Å². The summed E-state index contributed by atoms with van der Waals surface area (Å²) in [6.07, 6.45) is 1.96. The number of carbonyl (C=O) groups excluding carboxylic acids is 2. The first-order chi connectivity index (χ1) is 18.3. The molecule has 0 unspecified atom stereocenters. The number of methoxy groups -OCH3 is 1. The molecule has 1 saturated heterocycles. The maximum atomic E-state index is 13.1. The van der Waals surface area contributed by atoms with E-state index in [4.69, 9.17) is 9.47 Å². The van der Waals surface area contributed by atoms with Crippen molar-refractivity contribution in [3.63, 3.8) is 0 Å². The molecule has 0 aliphatic carbocycles. The zero-order chi connectivity index (χ0) is 26.7. The Kier molecular flexibility index (Phi) is 6.79. The molecule has 38 heavy (non-hydrogen) atoms. The van der Waals surface area contributed by atoms with Crippen molar-refractivity contribution >= 4 is 44.4 Å². The van der Waals surface area contributed by atoms with Crippen LogP contribution >= 0.6 is 0 Å². The van der Waals surface area contributed by atoms with Gasteiger partial charge in [-0.1, -0.05) is 24.3 Å². The Balaban J connectivity index is 1.24. The Labute approximate surface area is 218 Å². The molecule has 2 aromatic carbocycles. The highest BCUT2D eigenvalue weighted by atomic mass is 32.2. The molecular formula is C26H23N5O6S. The highest BCUT2D eigenvalue weighted by Gasteiger charge is 2.35. The molecule has 0 radical (unpaired) electrons. The van der Waals surface area contributed by atoms with E-state index in [0.29, 0.717) is 16.7 Å². The van der Waals surface area contributed by atoms with Gasteiger partial charge in [0.05, 0.1) is 37.0 Å². The molecule has 11 nitrogen and oxygen atoms in total. The van der Waals surface area contributed by atoms with Crippen LogP contribution in [0.25, 0.3) is 10.9 Å². The van der Waals surface area contributed by atoms with Crippen LogP contribution in [0.4, 0.5) is 16.3 Å². The predicted octanol–water partition coefficient (Wildman–Crippen LogP) is 3.51. The molecule has 12 heteroatoms. The standard InChI is InChI=1S/C26H23N5O6S/c1-36-21-14-18(30-38(34,35)22-8-4-6-17-7-5-13-28-24(17)22)10-11-20(21)25(32)31-15-19(16-31)37-26(33)29-23-9-2-3-12-27-23/h2-14,19,30H,15-16H2,1H3,(H,27,29,33). The fraction of sp³-hybridized carbons (Fsp3) is 0.154. The third kappa shape index (κ3) is 5.20. The van der Waals surface area contributed by atoms with Crippen molar-refractivity contribution in [1.29, 1.82) is 0 Å². The molecule has 0 bridgehead atoms. The number of amides is 2. The summed E-state index contributed by atoms with van der Waals surface area (Å²) >= 11 is 0. The van der Waals surface area contributed by atoms with Gasteiger partial charge in [0.2, 0.25) is 0 Å². The third-order valence-corrected chi connectivity index (χ3v) is 7.29. The molecule has 1 aliphatic rings. The Bertz CT molecular complexity index is 1600. The van der Waals surface area contributed by atoms with Crippen molar-refractivity contribution in [1.82, 2.24) is 14.9 Å². The lowest BCUT2D eigenvalue weighted by molar-refractivity contribution is -0.00223. The van der Waals surface area contributed by atoms with Gasteiger partial charge in [-0.25, -0.2) is 18.2 Å². The minimum atomic E-state index is -3.97. The summed E-state index contributed by atoms with van der Waals surface area (Å²) in [6, 6.07) is 17.9. The van der Waals surface area contributed by atoms with E-state index in [1.165, 1.54) is 42.5 Å². The summed E-state index contributed by atoms with van der Waals surface area (Å²) in [4.78, 5) is 34.8. The number of hydrogen-bond donors (Lipinski definition) is 2. The highest BCUT2D eigenvalue weighted by molar-refractivity contribution is 7.93. The number of fused-ring (bicyclic) bond motifs is 1. The summed E-state index contributed by atoms with van der Waals surface area (Å²) in [5, 5.41) is 3.22. The van der Waals surface area contributed by atoms with Crippen LogP contribution in [0.1, 0.15) is 10.4 Å². The first-order valence-corrected chi connectivity index (χ1v) is 13.0. The van der Waals surface area contributed by atoms with Gasteiger partial charge in [-0.3, -0.25) is 19.8 Å². The van der Waals surface area contributed by atoms with Crippen molar-refractivity contribution in [3.8, 4) is 5.75 Å². The molecule has 1 aliphatic heterocycles. The number of ether oxygens (including phenoxy) is 2. The average Bonchev–Trinajstić information content (AvgIpc) is 2.90. The van der Waals surface area contributed by atoms with E-state index < -0.39 is 22.2 Å². The first kappa shape index (κ1) is 25.0. The fourth-order valence-electron chi connectivity index (χ4n) is 4.01. The van der Waals surface area contributed by atoms with E-state index in [1.807, 2.05) is 0 Å². The van der Waals surface area contributed by atoms with Crippen molar-refractivity contribution in [3.05, 3.63) is 84.7 Å². The number of hydrogen-bond acceptors (Lipinski definition) is 8. The minimum Gasteiger partial charge on any atom is -0.496 e. The molecule has 2 aromatic heterocycles. The van der Waals surface area contributed by atoms with E-state index in [-0.39, 0.29) is 40.9 Å². The SMILES string of the molecule is COc1cc(NS(=O)(=O)c2cccc3cccnc23)ccc1C(=O)N1CC(OC(=O)Nc2ccccn2)C1. The number of nitrogens with one attached hydrogen (secondary N) is 2. The minimum absolute atomic E-state index is 0.0356. The summed E-state index contributed by atoms with van der Waals surface area (Å²) in [5.41, 5.74) is 0.825. The van der Waals surface area contributed by atoms with Crippen LogP contribution in [-0.4, -0.2) is 61.6 Å². The lowest BCUT2D eigenvalue weighted by atomic mass is 10.1. The average molecular weight is 534 g/mol. The van der Waals surface area contributed by atoms with Gasteiger partial charge in [0.15, 0.2) is 0 Å². The molecule has 2 amide bonds. The number of rotatable bonds is 7. The fourth-order valence-corrected chi connectivity index (χ4v) is 5.24. The van der Waals surface area contributed by atoms with Gasteiger partial charge >= 0.3 is 6.09 Å². The number of aromatic nitrogens is 2. The Morgan fingerprint density at radius 1 is 0.974 bits per heavy atom. The van der Waals surface area contributed by atoms with Gasteiger partial charge in [0.25, 0.3) is 15.9 Å². The monoisotopic (exact) mass is 533 g/mol. The van der Waals surface area contributed by atoms with Crippen LogP contribution < -0.4 is 14.8 Å². The second kappa shape index (κ2) is 10.3. The van der Waals surface area contributed by atoms with E-state index in [1.54, 1.807) is 48.7 Å². The number of anilines is 2. The van der Waals surface area contributed by atoms with Gasteiger partial charge in [-0.2, -0.15) is 0 Å². The lowest BCUT2D eigenvalue weighted by Crippen LogP contribution is -2.55.